The smallest absolute Gasteiger partial charge is 0.264 e. The average Bonchev–Trinajstić information content (AvgIpc) is 2.96. The van der Waals surface area contributed by atoms with E-state index in [9.17, 15) is 18.0 Å². The predicted molar refractivity (Wildman–Crippen MR) is 163 cm³/mol. The lowest BCUT2D eigenvalue weighted by atomic mass is 9.95. The van der Waals surface area contributed by atoms with Gasteiger partial charge in [0.2, 0.25) is 11.8 Å². The van der Waals surface area contributed by atoms with E-state index < -0.39 is 28.5 Å². The number of nitrogens with zero attached hydrogens (tertiary/aromatic N) is 2. The molecule has 0 bridgehead atoms. The zero-order valence-corrected chi connectivity index (χ0v) is 25.3. The van der Waals surface area contributed by atoms with Crippen LogP contribution in [0.25, 0.3) is 0 Å². The van der Waals surface area contributed by atoms with E-state index >= 15 is 0 Å². The molecule has 41 heavy (non-hydrogen) atoms. The Morgan fingerprint density at radius 1 is 0.878 bits per heavy atom. The van der Waals surface area contributed by atoms with Crippen molar-refractivity contribution >= 4 is 27.5 Å². The molecule has 1 N–H and O–H groups in total. The summed E-state index contributed by atoms with van der Waals surface area (Å²) in [5.74, 6) is -0.669. The summed E-state index contributed by atoms with van der Waals surface area (Å²) < 4.78 is 29.1. The molecule has 7 nitrogen and oxygen atoms in total. The number of benzene rings is 3. The molecule has 0 saturated heterocycles. The van der Waals surface area contributed by atoms with E-state index in [0.717, 1.165) is 47.9 Å². The number of amides is 2. The van der Waals surface area contributed by atoms with Gasteiger partial charge in [0.15, 0.2) is 0 Å². The lowest BCUT2D eigenvalue weighted by molar-refractivity contribution is -0.139. The largest absolute Gasteiger partial charge is 0.352 e. The summed E-state index contributed by atoms with van der Waals surface area (Å²) in [7, 11) is -4.08. The number of hydrogen-bond donors (Lipinski definition) is 1. The topological polar surface area (TPSA) is 86.8 Å². The van der Waals surface area contributed by atoms with E-state index in [1.54, 1.807) is 31.2 Å². The van der Waals surface area contributed by atoms with Gasteiger partial charge in [0.25, 0.3) is 10.0 Å². The molecule has 4 rings (SSSR count). The van der Waals surface area contributed by atoms with E-state index in [0.29, 0.717) is 5.69 Å². The van der Waals surface area contributed by atoms with Crippen LogP contribution in [0.1, 0.15) is 61.3 Å². The van der Waals surface area contributed by atoms with Crippen LogP contribution >= 0.6 is 0 Å². The Kier molecular flexibility index (Phi) is 9.86. The average molecular weight is 576 g/mol. The van der Waals surface area contributed by atoms with Crippen molar-refractivity contribution in [1.29, 1.82) is 0 Å². The number of aryl methyl sites for hydroxylation is 3. The second-order valence-electron chi connectivity index (χ2n) is 11.1. The molecule has 1 aliphatic carbocycles. The maximum absolute atomic E-state index is 14.1. The molecular weight excluding hydrogens is 534 g/mol. The molecule has 1 aliphatic rings. The van der Waals surface area contributed by atoms with E-state index in [1.165, 1.54) is 27.8 Å². The quantitative estimate of drug-likeness (QED) is 0.337. The lowest BCUT2D eigenvalue weighted by Gasteiger charge is -2.33. The van der Waals surface area contributed by atoms with Crippen molar-refractivity contribution < 1.29 is 18.0 Å². The summed E-state index contributed by atoms with van der Waals surface area (Å²) in [4.78, 5) is 29.2. The molecule has 3 aromatic carbocycles. The highest BCUT2D eigenvalue weighted by Crippen LogP contribution is 2.28. The molecule has 1 atom stereocenters. The Labute approximate surface area is 244 Å². The van der Waals surface area contributed by atoms with Crippen molar-refractivity contribution in [2.45, 2.75) is 83.3 Å². The van der Waals surface area contributed by atoms with Gasteiger partial charge in [0.1, 0.15) is 12.6 Å². The molecule has 0 unspecified atom stereocenters. The minimum atomic E-state index is -4.08. The minimum Gasteiger partial charge on any atom is -0.352 e. The molecule has 1 saturated carbocycles. The molecule has 8 heteroatoms. The van der Waals surface area contributed by atoms with Gasteiger partial charge in [-0.3, -0.25) is 13.9 Å². The molecule has 0 radical (unpaired) electrons. The third-order valence-corrected chi connectivity index (χ3v) is 9.60. The summed E-state index contributed by atoms with van der Waals surface area (Å²) >= 11 is 0. The molecule has 2 amide bonds. The first kappa shape index (κ1) is 30.3. The Morgan fingerprint density at radius 2 is 1.51 bits per heavy atom. The van der Waals surface area contributed by atoms with Crippen LogP contribution in [-0.2, 0) is 26.2 Å². The Morgan fingerprint density at radius 3 is 2.15 bits per heavy atom. The van der Waals surface area contributed by atoms with Crippen LogP contribution in [0.3, 0.4) is 0 Å². The standard InChI is InChI=1S/C33H41N3O4S/c1-24-15-18-28(19-16-24)22-35(27(4)33(38)34-29-11-7-5-8-12-29)32(37)23-36(31-20-17-25(2)21-26(31)3)41(39,40)30-13-9-6-10-14-30/h6,9-10,13-21,27,29H,5,7-8,11-12,22-23H2,1-4H3,(H,34,38)/t27-/m1/s1. The third kappa shape index (κ3) is 7.55. The van der Waals surface area contributed by atoms with E-state index in [1.807, 2.05) is 57.2 Å². The van der Waals surface area contributed by atoms with Gasteiger partial charge in [-0.15, -0.1) is 0 Å². The number of carbonyl (C=O) groups excluding carboxylic acids is 2. The van der Waals surface area contributed by atoms with Gasteiger partial charge in [0, 0.05) is 12.6 Å². The molecule has 1 fully saturated rings. The maximum Gasteiger partial charge on any atom is 0.264 e. The second kappa shape index (κ2) is 13.3. The highest BCUT2D eigenvalue weighted by molar-refractivity contribution is 7.92. The molecule has 0 aromatic heterocycles. The molecule has 3 aromatic rings. The summed E-state index contributed by atoms with van der Waals surface area (Å²) in [6.45, 7) is 7.23. The molecular formula is C33H41N3O4S. The highest BCUT2D eigenvalue weighted by Gasteiger charge is 2.33. The number of sulfonamides is 1. The van der Waals surface area contributed by atoms with Crippen LogP contribution in [0, 0.1) is 20.8 Å². The van der Waals surface area contributed by atoms with Crippen molar-refractivity contribution in [3.8, 4) is 0 Å². The van der Waals surface area contributed by atoms with Gasteiger partial charge in [-0.05, 0) is 69.9 Å². The Balaban J connectivity index is 1.69. The first-order chi connectivity index (χ1) is 19.6. The van der Waals surface area contributed by atoms with Gasteiger partial charge in [-0.2, -0.15) is 0 Å². The first-order valence-corrected chi connectivity index (χ1v) is 15.8. The number of rotatable bonds is 10. The number of anilines is 1. The van der Waals surface area contributed by atoms with Gasteiger partial charge in [-0.1, -0.05) is 85.0 Å². The second-order valence-corrected chi connectivity index (χ2v) is 13.0. The SMILES string of the molecule is Cc1ccc(CN(C(=O)CN(c2ccc(C)cc2C)S(=O)(=O)c2ccccc2)[C@H](C)C(=O)NC2CCCCC2)cc1. The number of nitrogens with one attached hydrogen (secondary N) is 1. The number of carbonyl (C=O) groups is 2. The fraction of sp³-hybridized carbons (Fsp3) is 0.394. The van der Waals surface area contributed by atoms with Crippen LogP contribution in [-0.4, -0.2) is 43.8 Å². The maximum atomic E-state index is 14.1. The van der Waals surface area contributed by atoms with Crippen molar-refractivity contribution in [3.05, 3.63) is 95.1 Å². The van der Waals surface area contributed by atoms with Gasteiger partial charge >= 0.3 is 0 Å². The first-order valence-electron chi connectivity index (χ1n) is 14.4. The molecule has 0 aliphatic heterocycles. The minimum absolute atomic E-state index is 0.0974. The Hall–Kier alpha value is -3.65. The molecule has 0 heterocycles. The molecule has 0 spiro atoms. The zero-order valence-electron chi connectivity index (χ0n) is 24.5. The van der Waals surface area contributed by atoms with E-state index in [4.69, 9.17) is 0 Å². The Bertz CT molecular complexity index is 1450. The van der Waals surface area contributed by atoms with Crippen LogP contribution < -0.4 is 9.62 Å². The van der Waals surface area contributed by atoms with Crippen LogP contribution in [0.15, 0.2) is 77.7 Å². The fourth-order valence-electron chi connectivity index (χ4n) is 5.36. The summed E-state index contributed by atoms with van der Waals surface area (Å²) in [6.07, 6.45) is 5.19. The summed E-state index contributed by atoms with van der Waals surface area (Å²) in [5.41, 5.74) is 4.12. The van der Waals surface area contributed by atoms with Crippen molar-refractivity contribution in [2.24, 2.45) is 0 Å². The number of hydrogen-bond acceptors (Lipinski definition) is 4. The normalized spacial score (nSPS) is 14.7. The van der Waals surface area contributed by atoms with Crippen LogP contribution in [0.5, 0.6) is 0 Å². The zero-order chi connectivity index (χ0) is 29.6. The van der Waals surface area contributed by atoms with Gasteiger partial charge < -0.3 is 10.2 Å². The van der Waals surface area contributed by atoms with Crippen LogP contribution in [0.4, 0.5) is 5.69 Å². The summed E-state index contributed by atoms with van der Waals surface area (Å²) in [6, 6.07) is 20.7. The van der Waals surface area contributed by atoms with E-state index in [-0.39, 0.29) is 23.4 Å². The predicted octanol–water partition coefficient (Wildman–Crippen LogP) is 5.67. The third-order valence-electron chi connectivity index (χ3n) is 7.82. The lowest BCUT2D eigenvalue weighted by Crippen LogP contribution is -2.53. The monoisotopic (exact) mass is 575 g/mol. The fourth-order valence-corrected chi connectivity index (χ4v) is 6.86. The van der Waals surface area contributed by atoms with Crippen molar-refractivity contribution in [3.63, 3.8) is 0 Å². The van der Waals surface area contributed by atoms with Crippen molar-refractivity contribution in [1.82, 2.24) is 10.2 Å². The molecule has 218 valence electrons. The van der Waals surface area contributed by atoms with Crippen molar-refractivity contribution in [2.75, 3.05) is 10.8 Å². The van der Waals surface area contributed by atoms with E-state index in [2.05, 4.69) is 5.32 Å². The van der Waals surface area contributed by atoms with Crippen LogP contribution in [0.2, 0.25) is 0 Å². The summed E-state index contributed by atoms with van der Waals surface area (Å²) in [5, 5.41) is 3.14. The highest BCUT2D eigenvalue weighted by atomic mass is 32.2. The van der Waals surface area contributed by atoms with Gasteiger partial charge in [0.05, 0.1) is 10.6 Å². The van der Waals surface area contributed by atoms with Gasteiger partial charge in [-0.25, -0.2) is 8.42 Å².